The summed E-state index contributed by atoms with van der Waals surface area (Å²) in [7, 11) is 1.90. The number of aryl methyl sites for hydroxylation is 1. The zero-order valence-corrected chi connectivity index (χ0v) is 14.7. The second-order valence-electron chi connectivity index (χ2n) is 6.14. The van der Waals surface area contributed by atoms with Gasteiger partial charge in [-0.1, -0.05) is 38.8 Å². The van der Waals surface area contributed by atoms with Crippen LogP contribution in [-0.2, 0) is 13.6 Å². The SMILES string of the molecule is CCC(CC)C(O)CNCc1cn(C)nc1-c1ccc(C#N)cc1. The van der Waals surface area contributed by atoms with Crippen molar-refractivity contribution in [1.29, 1.82) is 5.26 Å². The minimum absolute atomic E-state index is 0.324. The molecule has 128 valence electrons. The lowest BCUT2D eigenvalue weighted by Crippen LogP contribution is -2.32. The van der Waals surface area contributed by atoms with E-state index in [1.54, 1.807) is 16.8 Å². The lowest BCUT2D eigenvalue weighted by Gasteiger charge is -2.20. The van der Waals surface area contributed by atoms with Gasteiger partial charge in [0.1, 0.15) is 0 Å². The van der Waals surface area contributed by atoms with Gasteiger partial charge in [0.25, 0.3) is 0 Å². The number of nitrogens with one attached hydrogen (secondary N) is 1. The Balaban J connectivity index is 2.05. The molecule has 1 atom stereocenters. The first-order valence-corrected chi connectivity index (χ1v) is 8.50. The van der Waals surface area contributed by atoms with Crippen LogP contribution in [0.15, 0.2) is 30.5 Å². The van der Waals surface area contributed by atoms with Gasteiger partial charge in [-0.05, 0) is 18.1 Å². The average molecular weight is 326 g/mol. The first kappa shape index (κ1) is 18.2. The van der Waals surface area contributed by atoms with E-state index < -0.39 is 0 Å². The average Bonchev–Trinajstić information content (AvgIpc) is 2.97. The van der Waals surface area contributed by atoms with Crippen molar-refractivity contribution in [2.75, 3.05) is 6.54 Å². The fourth-order valence-corrected chi connectivity index (χ4v) is 2.97. The minimum Gasteiger partial charge on any atom is -0.392 e. The quantitative estimate of drug-likeness (QED) is 0.782. The zero-order chi connectivity index (χ0) is 17.5. The fraction of sp³-hybridized carbons (Fsp3) is 0.474. The molecule has 0 aliphatic carbocycles. The molecule has 0 bridgehead atoms. The number of benzene rings is 1. The molecular formula is C19H26N4O. The molecule has 0 amide bonds. The van der Waals surface area contributed by atoms with Crippen LogP contribution < -0.4 is 5.32 Å². The van der Waals surface area contributed by atoms with E-state index >= 15 is 0 Å². The second kappa shape index (κ2) is 8.62. The number of hydrogen-bond acceptors (Lipinski definition) is 4. The van der Waals surface area contributed by atoms with E-state index in [9.17, 15) is 5.11 Å². The summed E-state index contributed by atoms with van der Waals surface area (Å²) in [6, 6.07) is 9.58. The van der Waals surface area contributed by atoms with Gasteiger partial charge >= 0.3 is 0 Å². The Morgan fingerprint density at radius 3 is 2.50 bits per heavy atom. The summed E-state index contributed by atoms with van der Waals surface area (Å²) in [5.74, 6) is 0.337. The summed E-state index contributed by atoms with van der Waals surface area (Å²) in [6.07, 6.45) is 3.64. The van der Waals surface area contributed by atoms with Crippen LogP contribution >= 0.6 is 0 Å². The van der Waals surface area contributed by atoms with Gasteiger partial charge in [-0.2, -0.15) is 10.4 Å². The van der Waals surface area contributed by atoms with E-state index in [2.05, 4.69) is 30.3 Å². The molecule has 1 heterocycles. The van der Waals surface area contributed by atoms with Gasteiger partial charge in [0.05, 0.1) is 23.4 Å². The predicted octanol–water partition coefficient (Wildman–Crippen LogP) is 2.85. The second-order valence-corrected chi connectivity index (χ2v) is 6.14. The molecule has 2 N–H and O–H groups in total. The van der Waals surface area contributed by atoms with Crippen LogP contribution in [0, 0.1) is 17.2 Å². The van der Waals surface area contributed by atoms with E-state index in [1.807, 2.05) is 25.4 Å². The zero-order valence-electron chi connectivity index (χ0n) is 14.7. The van der Waals surface area contributed by atoms with Crippen molar-refractivity contribution in [2.24, 2.45) is 13.0 Å². The van der Waals surface area contributed by atoms with Gasteiger partial charge in [-0.25, -0.2) is 0 Å². The van der Waals surface area contributed by atoms with Crippen molar-refractivity contribution in [2.45, 2.75) is 39.3 Å². The van der Waals surface area contributed by atoms with Crippen LogP contribution in [0.1, 0.15) is 37.8 Å². The number of aliphatic hydroxyl groups excluding tert-OH is 1. The number of aromatic nitrogens is 2. The molecule has 5 heteroatoms. The number of hydrogen-bond donors (Lipinski definition) is 2. The highest BCUT2D eigenvalue weighted by Gasteiger charge is 2.16. The van der Waals surface area contributed by atoms with Crippen molar-refractivity contribution in [3.8, 4) is 17.3 Å². The van der Waals surface area contributed by atoms with Gasteiger partial charge in [0.15, 0.2) is 0 Å². The van der Waals surface area contributed by atoms with Gasteiger partial charge in [-0.3, -0.25) is 4.68 Å². The Labute approximate surface area is 143 Å². The Kier molecular flexibility index (Phi) is 6.53. The van der Waals surface area contributed by atoms with E-state index in [0.717, 1.165) is 29.7 Å². The summed E-state index contributed by atoms with van der Waals surface area (Å²) >= 11 is 0. The molecule has 5 nitrogen and oxygen atoms in total. The fourth-order valence-electron chi connectivity index (χ4n) is 2.97. The van der Waals surface area contributed by atoms with E-state index in [1.165, 1.54) is 0 Å². The maximum Gasteiger partial charge on any atom is 0.0991 e. The molecule has 1 unspecified atom stereocenters. The van der Waals surface area contributed by atoms with Gasteiger partial charge < -0.3 is 10.4 Å². The molecule has 0 aliphatic heterocycles. The topological polar surface area (TPSA) is 73.9 Å². The van der Waals surface area contributed by atoms with Crippen LogP contribution in [-0.4, -0.2) is 27.5 Å². The molecule has 2 rings (SSSR count). The molecule has 24 heavy (non-hydrogen) atoms. The summed E-state index contributed by atoms with van der Waals surface area (Å²) < 4.78 is 1.79. The monoisotopic (exact) mass is 326 g/mol. The van der Waals surface area contributed by atoms with Crippen molar-refractivity contribution in [3.63, 3.8) is 0 Å². The van der Waals surface area contributed by atoms with Crippen LogP contribution in [0.3, 0.4) is 0 Å². The third-order valence-electron chi connectivity index (χ3n) is 4.45. The van der Waals surface area contributed by atoms with E-state index in [-0.39, 0.29) is 6.10 Å². The first-order valence-electron chi connectivity index (χ1n) is 8.50. The van der Waals surface area contributed by atoms with Crippen molar-refractivity contribution in [1.82, 2.24) is 15.1 Å². The molecule has 0 aliphatic rings. The third kappa shape index (κ3) is 4.44. The molecular weight excluding hydrogens is 300 g/mol. The third-order valence-corrected chi connectivity index (χ3v) is 4.45. The number of nitrogens with zero attached hydrogens (tertiary/aromatic N) is 3. The lowest BCUT2D eigenvalue weighted by molar-refractivity contribution is 0.101. The number of aliphatic hydroxyl groups is 1. The summed E-state index contributed by atoms with van der Waals surface area (Å²) in [4.78, 5) is 0. The Bertz CT molecular complexity index is 680. The smallest absolute Gasteiger partial charge is 0.0991 e. The molecule has 0 saturated heterocycles. The number of nitriles is 1. The van der Waals surface area contributed by atoms with Gasteiger partial charge in [0.2, 0.25) is 0 Å². The standard InChI is InChI=1S/C19H26N4O/c1-4-15(5-2)18(24)12-21-11-17-13-23(3)22-19(17)16-8-6-14(10-20)7-9-16/h6-9,13,15,18,21,24H,4-5,11-12H2,1-3H3. The molecule has 1 aromatic heterocycles. The molecule has 2 aromatic rings. The first-order chi connectivity index (χ1) is 11.6. The van der Waals surface area contributed by atoms with Gasteiger partial charge in [-0.15, -0.1) is 0 Å². The lowest BCUT2D eigenvalue weighted by atomic mass is 9.96. The van der Waals surface area contributed by atoms with Crippen molar-refractivity contribution >= 4 is 0 Å². The van der Waals surface area contributed by atoms with E-state index in [4.69, 9.17) is 5.26 Å². The molecule has 0 fully saturated rings. The summed E-state index contributed by atoms with van der Waals surface area (Å²) in [5, 5.41) is 27.0. The van der Waals surface area contributed by atoms with Crippen LogP contribution in [0.2, 0.25) is 0 Å². The Morgan fingerprint density at radius 2 is 1.92 bits per heavy atom. The molecule has 0 saturated carbocycles. The molecule has 0 spiro atoms. The largest absolute Gasteiger partial charge is 0.392 e. The highest BCUT2D eigenvalue weighted by Crippen LogP contribution is 2.22. The highest BCUT2D eigenvalue weighted by molar-refractivity contribution is 5.63. The van der Waals surface area contributed by atoms with E-state index in [0.29, 0.717) is 24.6 Å². The Morgan fingerprint density at radius 1 is 1.25 bits per heavy atom. The molecule has 1 aromatic carbocycles. The maximum absolute atomic E-state index is 10.2. The summed E-state index contributed by atoms with van der Waals surface area (Å²) in [6.45, 7) is 5.46. The number of rotatable bonds is 8. The Hall–Kier alpha value is -2.16. The predicted molar refractivity (Wildman–Crippen MR) is 95.1 cm³/mol. The van der Waals surface area contributed by atoms with Crippen molar-refractivity contribution in [3.05, 3.63) is 41.6 Å². The normalized spacial score (nSPS) is 12.3. The van der Waals surface area contributed by atoms with Crippen LogP contribution in [0.25, 0.3) is 11.3 Å². The van der Waals surface area contributed by atoms with Crippen LogP contribution in [0.4, 0.5) is 0 Å². The maximum atomic E-state index is 10.2. The molecule has 0 radical (unpaired) electrons. The highest BCUT2D eigenvalue weighted by atomic mass is 16.3. The van der Waals surface area contributed by atoms with Gasteiger partial charge in [0, 0.05) is 37.5 Å². The summed E-state index contributed by atoms with van der Waals surface area (Å²) in [5.41, 5.74) is 3.63. The van der Waals surface area contributed by atoms with Crippen LogP contribution in [0.5, 0.6) is 0 Å². The minimum atomic E-state index is -0.324. The van der Waals surface area contributed by atoms with Crippen molar-refractivity contribution < 1.29 is 5.11 Å².